The van der Waals surface area contributed by atoms with Gasteiger partial charge in [0.05, 0.1) is 11.9 Å². The zero-order valence-corrected chi connectivity index (χ0v) is 15.9. The van der Waals surface area contributed by atoms with Crippen molar-refractivity contribution in [1.29, 1.82) is 0 Å². The van der Waals surface area contributed by atoms with Gasteiger partial charge in [-0.3, -0.25) is 9.10 Å². The number of thiophene rings is 1. The molecule has 1 aromatic heterocycles. The third kappa shape index (κ3) is 2.85. The van der Waals surface area contributed by atoms with Crippen molar-refractivity contribution in [2.45, 2.75) is 32.4 Å². The molecule has 0 spiro atoms. The smallest absolute Gasteiger partial charge is 0.254 e. The molecule has 132 valence electrons. The Kier molecular flexibility index (Phi) is 3.88. The molecule has 1 atom stereocenters. The molecule has 0 N–H and O–H groups in total. The minimum absolute atomic E-state index is 0.0186. The summed E-state index contributed by atoms with van der Waals surface area (Å²) in [6.07, 6.45) is 2.77. The molecule has 5 nitrogen and oxygen atoms in total. The molecule has 0 saturated heterocycles. The van der Waals surface area contributed by atoms with Crippen LogP contribution in [-0.2, 0) is 29.4 Å². The second kappa shape index (κ2) is 5.85. The molecule has 2 aliphatic heterocycles. The summed E-state index contributed by atoms with van der Waals surface area (Å²) in [5.41, 5.74) is 3.50. The zero-order valence-electron chi connectivity index (χ0n) is 14.2. The number of sulfonamides is 1. The molecular formula is C18H20N2O3S2. The van der Waals surface area contributed by atoms with Crippen LogP contribution in [-0.4, -0.2) is 38.1 Å². The fourth-order valence-electron chi connectivity index (χ4n) is 3.85. The van der Waals surface area contributed by atoms with E-state index < -0.39 is 10.0 Å². The van der Waals surface area contributed by atoms with Gasteiger partial charge in [0.15, 0.2) is 0 Å². The number of hydrogen-bond acceptors (Lipinski definition) is 4. The lowest BCUT2D eigenvalue weighted by Gasteiger charge is -2.27. The summed E-state index contributed by atoms with van der Waals surface area (Å²) in [5, 5.41) is 2.08. The molecule has 7 heteroatoms. The van der Waals surface area contributed by atoms with Crippen molar-refractivity contribution in [3.05, 3.63) is 51.2 Å². The Balaban J connectivity index is 1.61. The summed E-state index contributed by atoms with van der Waals surface area (Å²) in [5.74, 6) is 0.0186. The van der Waals surface area contributed by atoms with Gasteiger partial charge in [-0.15, -0.1) is 11.3 Å². The van der Waals surface area contributed by atoms with E-state index in [0.29, 0.717) is 24.2 Å². The van der Waals surface area contributed by atoms with Crippen LogP contribution in [0, 0.1) is 0 Å². The molecule has 2 aliphatic rings. The van der Waals surface area contributed by atoms with Crippen LogP contribution >= 0.6 is 11.3 Å². The first-order valence-corrected chi connectivity index (χ1v) is 11.0. The van der Waals surface area contributed by atoms with Crippen molar-refractivity contribution in [2.75, 3.05) is 17.1 Å². The molecular weight excluding hydrogens is 356 g/mol. The van der Waals surface area contributed by atoms with E-state index in [0.717, 1.165) is 18.5 Å². The minimum atomic E-state index is -3.31. The van der Waals surface area contributed by atoms with E-state index in [9.17, 15) is 13.2 Å². The number of rotatable bonds is 2. The predicted octanol–water partition coefficient (Wildman–Crippen LogP) is 2.66. The molecule has 1 amide bonds. The van der Waals surface area contributed by atoms with Crippen LogP contribution < -0.4 is 4.31 Å². The maximum atomic E-state index is 12.9. The zero-order chi connectivity index (χ0) is 17.8. The van der Waals surface area contributed by atoms with Gasteiger partial charge in [-0.25, -0.2) is 8.42 Å². The number of amides is 1. The molecule has 0 bridgehead atoms. The van der Waals surface area contributed by atoms with Crippen LogP contribution in [0.15, 0.2) is 29.6 Å². The summed E-state index contributed by atoms with van der Waals surface area (Å²) in [4.78, 5) is 16.1. The Morgan fingerprint density at radius 2 is 2.04 bits per heavy atom. The predicted molar refractivity (Wildman–Crippen MR) is 99.7 cm³/mol. The van der Waals surface area contributed by atoms with Crippen molar-refractivity contribution in [3.8, 4) is 0 Å². The molecule has 25 heavy (non-hydrogen) atoms. The fraction of sp³-hybridized carbons (Fsp3) is 0.389. The Labute approximate surface area is 151 Å². The van der Waals surface area contributed by atoms with Gasteiger partial charge in [-0.05, 0) is 60.5 Å². The molecule has 3 heterocycles. The number of hydrogen-bond donors (Lipinski definition) is 0. The number of carbonyl (C=O) groups excluding carboxylic acids is 1. The molecule has 0 aliphatic carbocycles. The number of anilines is 1. The molecule has 4 rings (SSSR count). The summed E-state index contributed by atoms with van der Waals surface area (Å²) in [6.45, 7) is 3.28. The van der Waals surface area contributed by atoms with E-state index in [-0.39, 0.29) is 11.9 Å². The van der Waals surface area contributed by atoms with Crippen molar-refractivity contribution < 1.29 is 13.2 Å². The molecule has 0 unspecified atom stereocenters. The number of nitrogens with zero attached hydrogens (tertiary/aromatic N) is 2. The van der Waals surface area contributed by atoms with Crippen LogP contribution in [0.1, 0.15) is 33.3 Å². The minimum Gasteiger partial charge on any atom is -0.334 e. The van der Waals surface area contributed by atoms with E-state index in [1.165, 1.54) is 21.0 Å². The van der Waals surface area contributed by atoms with E-state index in [1.54, 1.807) is 23.5 Å². The van der Waals surface area contributed by atoms with Crippen LogP contribution in [0.5, 0.6) is 0 Å². The Morgan fingerprint density at radius 3 is 2.80 bits per heavy atom. The highest BCUT2D eigenvalue weighted by Gasteiger charge is 2.33. The Morgan fingerprint density at radius 1 is 1.24 bits per heavy atom. The highest BCUT2D eigenvalue weighted by Crippen LogP contribution is 2.35. The molecule has 1 aromatic carbocycles. The Bertz CT molecular complexity index is 949. The lowest BCUT2D eigenvalue weighted by molar-refractivity contribution is 0.0736. The van der Waals surface area contributed by atoms with Crippen LogP contribution in [0.2, 0.25) is 0 Å². The molecule has 0 radical (unpaired) electrons. The lowest BCUT2D eigenvalue weighted by atomic mass is 10.0. The summed E-state index contributed by atoms with van der Waals surface area (Å²) < 4.78 is 25.5. The van der Waals surface area contributed by atoms with Gasteiger partial charge in [0, 0.05) is 29.6 Å². The lowest BCUT2D eigenvalue weighted by Crippen LogP contribution is -2.35. The van der Waals surface area contributed by atoms with Gasteiger partial charge < -0.3 is 4.90 Å². The summed E-state index contributed by atoms with van der Waals surface area (Å²) >= 11 is 1.75. The summed E-state index contributed by atoms with van der Waals surface area (Å²) in [7, 11) is -3.31. The second-order valence-electron chi connectivity index (χ2n) is 6.80. The van der Waals surface area contributed by atoms with Gasteiger partial charge in [-0.1, -0.05) is 0 Å². The van der Waals surface area contributed by atoms with Crippen LogP contribution in [0.25, 0.3) is 0 Å². The number of fused-ring (bicyclic) bond motifs is 2. The first-order valence-electron chi connectivity index (χ1n) is 8.31. The molecule has 0 fully saturated rings. The maximum Gasteiger partial charge on any atom is 0.254 e. The van der Waals surface area contributed by atoms with Crippen molar-refractivity contribution >= 4 is 33.0 Å². The average molecular weight is 377 g/mol. The van der Waals surface area contributed by atoms with Gasteiger partial charge >= 0.3 is 0 Å². The van der Waals surface area contributed by atoms with E-state index >= 15 is 0 Å². The van der Waals surface area contributed by atoms with E-state index in [4.69, 9.17) is 0 Å². The largest absolute Gasteiger partial charge is 0.334 e. The third-order valence-corrected chi connectivity index (χ3v) is 7.23. The van der Waals surface area contributed by atoms with Crippen molar-refractivity contribution in [2.24, 2.45) is 0 Å². The highest BCUT2D eigenvalue weighted by molar-refractivity contribution is 7.92. The van der Waals surface area contributed by atoms with E-state index in [2.05, 4.69) is 11.4 Å². The van der Waals surface area contributed by atoms with E-state index in [1.807, 2.05) is 17.9 Å². The standard InChI is InChI=1S/C18H20N2O3S2/c1-12-9-15-10-13(3-4-16(15)20(12)25(2,22)23)18(21)19-7-5-17-14(11-19)6-8-24-17/h3-4,6,8,10,12H,5,7,9,11H2,1-2H3/t12-/m1/s1. The number of carbonyl (C=O) groups is 1. The van der Waals surface area contributed by atoms with Crippen molar-refractivity contribution in [1.82, 2.24) is 4.90 Å². The fourth-order valence-corrected chi connectivity index (χ4v) is 6.00. The molecule has 0 saturated carbocycles. The normalized spacial score (nSPS) is 19.7. The first kappa shape index (κ1) is 16.6. The van der Waals surface area contributed by atoms with Gasteiger partial charge in [-0.2, -0.15) is 0 Å². The average Bonchev–Trinajstić information content (AvgIpc) is 3.14. The van der Waals surface area contributed by atoms with Gasteiger partial charge in [0.2, 0.25) is 10.0 Å². The molecule has 2 aromatic rings. The highest BCUT2D eigenvalue weighted by atomic mass is 32.2. The topological polar surface area (TPSA) is 57.7 Å². The van der Waals surface area contributed by atoms with Gasteiger partial charge in [0.1, 0.15) is 0 Å². The Hall–Kier alpha value is -1.86. The first-order chi connectivity index (χ1) is 11.8. The third-order valence-electron chi connectivity index (χ3n) is 4.93. The van der Waals surface area contributed by atoms with Crippen LogP contribution in [0.3, 0.4) is 0 Å². The second-order valence-corrected chi connectivity index (χ2v) is 9.66. The SMILES string of the molecule is C[C@@H]1Cc2cc(C(=O)N3CCc4sccc4C3)ccc2N1S(C)(=O)=O. The quantitative estimate of drug-likeness (QED) is 0.810. The van der Waals surface area contributed by atoms with Crippen LogP contribution in [0.4, 0.5) is 5.69 Å². The monoisotopic (exact) mass is 376 g/mol. The van der Waals surface area contributed by atoms with Crippen molar-refractivity contribution in [3.63, 3.8) is 0 Å². The summed E-state index contributed by atoms with van der Waals surface area (Å²) in [6, 6.07) is 7.36. The maximum absolute atomic E-state index is 12.9. The number of benzene rings is 1. The van der Waals surface area contributed by atoms with Gasteiger partial charge in [0.25, 0.3) is 5.91 Å².